The number of ether oxygens (including phenoxy) is 2. The highest BCUT2D eigenvalue weighted by atomic mass is 32.2. The molecule has 2 aromatic carbocycles. The summed E-state index contributed by atoms with van der Waals surface area (Å²) in [7, 11) is -3.57. The summed E-state index contributed by atoms with van der Waals surface area (Å²) in [5.41, 5.74) is 3.68. The number of aryl methyl sites for hydroxylation is 3. The third kappa shape index (κ3) is 5.44. The molecular weight excluding hydrogens is 416 g/mol. The van der Waals surface area contributed by atoms with Crippen LogP contribution in [-0.4, -0.2) is 51.5 Å². The summed E-state index contributed by atoms with van der Waals surface area (Å²) in [6.07, 6.45) is 1.64. The summed E-state index contributed by atoms with van der Waals surface area (Å²) in [4.78, 5) is 12.7. The van der Waals surface area contributed by atoms with Gasteiger partial charge in [0.25, 0.3) is 5.91 Å². The van der Waals surface area contributed by atoms with Crippen LogP contribution in [0.3, 0.4) is 0 Å². The Morgan fingerprint density at radius 3 is 2.32 bits per heavy atom. The van der Waals surface area contributed by atoms with E-state index in [9.17, 15) is 13.2 Å². The molecular formula is C23H30N2O5S. The summed E-state index contributed by atoms with van der Waals surface area (Å²) in [5, 5.41) is 2.97. The van der Waals surface area contributed by atoms with Gasteiger partial charge in [-0.25, -0.2) is 8.42 Å². The molecule has 3 rings (SSSR count). The molecule has 1 heterocycles. The number of carbonyl (C=O) groups excluding carboxylic acids is 1. The maximum atomic E-state index is 12.8. The number of hydrogen-bond donors (Lipinski definition) is 1. The van der Waals surface area contributed by atoms with E-state index in [1.807, 2.05) is 18.2 Å². The first-order valence-corrected chi connectivity index (χ1v) is 12.0. The number of nitrogens with one attached hydrogen (secondary N) is 1. The van der Waals surface area contributed by atoms with Gasteiger partial charge in [0.05, 0.1) is 18.1 Å². The molecule has 2 aromatic rings. The van der Waals surface area contributed by atoms with Crippen LogP contribution in [0.4, 0.5) is 5.69 Å². The van der Waals surface area contributed by atoms with E-state index >= 15 is 0 Å². The Hall–Kier alpha value is -2.42. The van der Waals surface area contributed by atoms with Crippen molar-refractivity contribution in [3.63, 3.8) is 0 Å². The summed E-state index contributed by atoms with van der Waals surface area (Å²) in [6, 6.07) is 10.7. The van der Waals surface area contributed by atoms with Crippen molar-refractivity contribution in [1.82, 2.24) is 4.31 Å². The molecule has 0 radical (unpaired) electrons. The second-order valence-electron chi connectivity index (χ2n) is 7.44. The summed E-state index contributed by atoms with van der Waals surface area (Å²) < 4.78 is 38.0. The van der Waals surface area contributed by atoms with Crippen molar-refractivity contribution >= 4 is 21.6 Å². The first-order chi connectivity index (χ1) is 14.9. The smallest absolute Gasteiger partial charge is 0.262 e. The second-order valence-corrected chi connectivity index (χ2v) is 9.38. The van der Waals surface area contributed by atoms with Gasteiger partial charge >= 0.3 is 0 Å². The van der Waals surface area contributed by atoms with E-state index in [1.165, 1.54) is 10.4 Å². The van der Waals surface area contributed by atoms with Crippen molar-refractivity contribution in [2.75, 3.05) is 38.2 Å². The molecule has 8 heteroatoms. The van der Waals surface area contributed by atoms with Crippen LogP contribution in [0.15, 0.2) is 41.3 Å². The van der Waals surface area contributed by atoms with Gasteiger partial charge < -0.3 is 14.8 Å². The molecule has 31 heavy (non-hydrogen) atoms. The molecule has 0 unspecified atom stereocenters. The minimum absolute atomic E-state index is 0.155. The number of para-hydroxylation sites is 1. The molecule has 1 N–H and O–H groups in total. The largest absolute Gasteiger partial charge is 0.483 e. The third-order valence-electron chi connectivity index (χ3n) is 5.38. The van der Waals surface area contributed by atoms with Crippen molar-refractivity contribution in [3.8, 4) is 5.75 Å². The Kier molecular flexibility index (Phi) is 7.69. The molecule has 7 nitrogen and oxygen atoms in total. The zero-order valence-electron chi connectivity index (χ0n) is 18.3. The Labute approximate surface area is 184 Å². The average molecular weight is 447 g/mol. The van der Waals surface area contributed by atoms with Crippen molar-refractivity contribution in [2.24, 2.45) is 0 Å². The second kappa shape index (κ2) is 10.3. The lowest BCUT2D eigenvalue weighted by Gasteiger charge is -2.26. The van der Waals surface area contributed by atoms with Crippen LogP contribution in [0.25, 0.3) is 0 Å². The lowest BCUT2D eigenvalue weighted by molar-refractivity contribution is -0.118. The van der Waals surface area contributed by atoms with Gasteiger partial charge in [-0.05, 0) is 54.7 Å². The fraction of sp³-hybridized carbons (Fsp3) is 0.435. The fourth-order valence-corrected chi connectivity index (χ4v) is 5.10. The molecule has 0 bridgehead atoms. The van der Waals surface area contributed by atoms with Gasteiger partial charge in [0.1, 0.15) is 5.75 Å². The Bertz CT molecular complexity index is 1010. The molecule has 0 atom stereocenters. The van der Waals surface area contributed by atoms with Gasteiger partial charge in [-0.2, -0.15) is 4.31 Å². The molecule has 1 fully saturated rings. The van der Waals surface area contributed by atoms with E-state index in [0.717, 1.165) is 29.7 Å². The van der Waals surface area contributed by atoms with Crippen LogP contribution in [0, 0.1) is 6.92 Å². The Morgan fingerprint density at radius 1 is 1.10 bits per heavy atom. The van der Waals surface area contributed by atoms with Gasteiger partial charge in [0.15, 0.2) is 6.61 Å². The minimum atomic E-state index is -3.57. The molecule has 1 saturated heterocycles. The zero-order chi connectivity index (χ0) is 22.4. The van der Waals surface area contributed by atoms with Gasteiger partial charge in [-0.3, -0.25) is 4.79 Å². The van der Waals surface area contributed by atoms with E-state index in [0.29, 0.717) is 37.6 Å². The van der Waals surface area contributed by atoms with Crippen molar-refractivity contribution in [1.29, 1.82) is 0 Å². The molecule has 0 aromatic heterocycles. The summed E-state index contributed by atoms with van der Waals surface area (Å²) >= 11 is 0. The van der Waals surface area contributed by atoms with Gasteiger partial charge in [-0.1, -0.05) is 32.0 Å². The molecule has 0 spiro atoms. The SMILES string of the molecule is CCc1cccc(CC)c1NC(=O)COc1ccc(S(=O)(=O)N2CCOCC2)cc1C. The zero-order valence-corrected chi connectivity index (χ0v) is 19.1. The van der Waals surface area contributed by atoms with Gasteiger partial charge in [-0.15, -0.1) is 0 Å². The summed E-state index contributed by atoms with van der Waals surface area (Å²) in [6.45, 7) is 7.21. The predicted molar refractivity (Wildman–Crippen MR) is 120 cm³/mol. The number of anilines is 1. The molecule has 0 saturated carbocycles. The quantitative estimate of drug-likeness (QED) is 0.673. The highest BCUT2D eigenvalue weighted by Gasteiger charge is 2.26. The molecule has 1 aliphatic rings. The number of carbonyl (C=O) groups is 1. The van der Waals surface area contributed by atoms with Crippen molar-refractivity contribution in [2.45, 2.75) is 38.5 Å². The number of nitrogens with zero attached hydrogens (tertiary/aromatic N) is 1. The van der Waals surface area contributed by atoms with E-state index in [2.05, 4.69) is 19.2 Å². The minimum Gasteiger partial charge on any atom is -0.483 e. The van der Waals surface area contributed by atoms with E-state index < -0.39 is 10.0 Å². The maximum Gasteiger partial charge on any atom is 0.262 e. The van der Waals surface area contributed by atoms with E-state index in [-0.39, 0.29) is 17.4 Å². The van der Waals surface area contributed by atoms with Crippen LogP contribution >= 0.6 is 0 Å². The number of benzene rings is 2. The number of hydrogen-bond acceptors (Lipinski definition) is 5. The molecule has 1 amide bonds. The number of sulfonamides is 1. The lowest BCUT2D eigenvalue weighted by atomic mass is 10.0. The van der Waals surface area contributed by atoms with E-state index in [1.54, 1.807) is 19.1 Å². The molecule has 1 aliphatic heterocycles. The normalized spacial score (nSPS) is 14.9. The van der Waals surface area contributed by atoms with Crippen LogP contribution in [-0.2, 0) is 32.4 Å². The molecule has 168 valence electrons. The maximum absolute atomic E-state index is 12.8. The van der Waals surface area contributed by atoms with Crippen LogP contribution in [0.1, 0.15) is 30.5 Å². The van der Waals surface area contributed by atoms with Crippen LogP contribution in [0.2, 0.25) is 0 Å². The molecule has 0 aliphatic carbocycles. The highest BCUT2D eigenvalue weighted by Crippen LogP contribution is 2.25. The van der Waals surface area contributed by atoms with Crippen LogP contribution < -0.4 is 10.1 Å². The lowest BCUT2D eigenvalue weighted by Crippen LogP contribution is -2.40. The monoisotopic (exact) mass is 446 g/mol. The number of morpholine rings is 1. The van der Waals surface area contributed by atoms with Gasteiger partial charge in [0, 0.05) is 18.8 Å². The standard InChI is InChI=1S/C23H30N2O5S/c1-4-18-7-6-8-19(5-2)23(18)24-22(26)16-30-21-10-9-20(15-17(21)3)31(27,28)25-11-13-29-14-12-25/h6-10,15H,4-5,11-14,16H2,1-3H3,(H,24,26). The predicted octanol–water partition coefficient (Wildman–Crippen LogP) is 3.16. The summed E-state index contributed by atoms with van der Waals surface area (Å²) in [5.74, 6) is 0.232. The number of amides is 1. The average Bonchev–Trinajstić information content (AvgIpc) is 2.78. The first-order valence-electron chi connectivity index (χ1n) is 10.6. The van der Waals surface area contributed by atoms with Gasteiger partial charge in [0.2, 0.25) is 10.0 Å². The van der Waals surface area contributed by atoms with E-state index in [4.69, 9.17) is 9.47 Å². The Morgan fingerprint density at radius 2 is 1.74 bits per heavy atom. The first kappa shape index (κ1) is 23.2. The Balaban J connectivity index is 1.67. The topological polar surface area (TPSA) is 84.9 Å². The van der Waals surface area contributed by atoms with Crippen molar-refractivity contribution < 1.29 is 22.7 Å². The van der Waals surface area contributed by atoms with Crippen molar-refractivity contribution in [3.05, 3.63) is 53.1 Å². The third-order valence-corrected chi connectivity index (χ3v) is 7.27. The van der Waals surface area contributed by atoms with Crippen LogP contribution in [0.5, 0.6) is 5.75 Å². The number of rotatable bonds is 8. The highest BCUT2D eigenvalue weighted by molar-refractivity contribution is 7.89. The fourth-order valence-electron chi connectivity index (χ4n) is 3.60.